The Morgan fingerprint density at radius 3 is 2.52 bits per heavy atom. The first-order valence-electron chi connectivity index (χ1n) is 6.11. The summed E-state index contributed by atoms with van der Waals surface area (Å²) in [6, 6.07) is 11.9. The van der Waals surface area contributed by atoms with Gasteiger partial charge < -0.3 is 5.73 Å². The van der Waals surface area contributed by atoms with Crippen molar-refractivity contribution in [3.8, 4) is 22.4 Å². The van der Waals surface area contributed by atoms with Gasteiger partial charge >= 0.3 is 0 Å². The lowest BCUT2D eigenvalue weighted by atomic mass is 10.0. The van der Waals surface area contributed by atoms with E-state index in [-0.39, 0.29) is 5.82 Å². The Morgan fingerprint density at radius 1 is 1.14 bits per heavy atom. The van der Waals surface area contributed by atoms with Gasteiger partial charge in [-0.2, -0.15) is 5.10 Å². The van der Waals surface area contributed by atoms with Crippen molar-refractivity contribution in [1.29, 1.82) is 0 Å². The molecule has 3 rings (SSSR count). The van der Waals surface area contributed by atoms with Crippen LogP contribution in [0.25, 0.3) is 22.4 Å². The normalized spacial score (nSPS) is 10.8. The van der Waals surface area contributed by atoms with Crippen LogP contribution in [0, 0.1) is 9.39 Å². The summed E-state index contributed by atoms with van der Waals surface area (Å²) in [5.74, 6) is 0.121. The van der Waals surface area contributed by atoms with Crippen molar-refractivity contribution in [1.82, 2.24) is 10.2 Å². The molecule has 6 heteroatoms. The molecule has 0 spiro atoms. The smallest absolute Gasteiger partial charge is 0.153 e. The standard InChI is InChI=1S/C15H10ClFIN3/c16-9-3-1-8(2-4-9)13-14(20-21-15(13)19)11-6-5-10(17)7-12(11)18/h1-7H,(H3,19,20,21). The molecule has 0 saturated heterocycles. The predicted octanol–water partition coefficient (Wildman–Crippen LogP) is 4.72. The number of hydrogen-bond donors (Lipinski definition) is 2. The maximum absolute atomic E-state index is 13.3. The van der Waals surface area contributed by atoms with Gasteiger partial charge in [-0.25, -0.2) is 4.39 Å². The summed E-state index contributed by atoms with van der Waals surface area (Å²) < 4.78 is 14.1. The average Bonchev–Trinajstić information content (AvgIpc) is 2.82. The van der Waals surface area contributed by atoms with Crippen molar-refractivity contribution < 1.29 is 4.39 Å². The van der Waals surface area contributed by atoms with Crippen molar-refractivity contribution in [3.05, 3.63) is 56.9 Å². The molecule has 0 unspecified atom stereocenters. The van der Waals surface area contributed by atoms with E-state index in [0.29, 0.717) is 10.8 Å². The second-order valence-corrected chi connectivity index (χ2v) is 6.09. The first-order valence-corrected chi connectivity index (χ1v) is 7.57. The minimum Gasteiger partial charge on any atom is -0.382 e. The van der Waals surface area contributed by atoms with E-state index in [1.165, 1.54) is 12.1 Å². The van der Waals surface area contributed by atoms with Crippen molar-refractivity contribution in [3.63, 3.8) is 0 Å². The number of nitrogen functional groups attached to an aromatic ring is 1. The molecule has 0 aliphatic rings. The quantitative estimate of drug-likeness (QED) is 0.597. The van der Waals surface area contributed by atoms with Crippen LogP contribution in [0.15, 0.2) is 42.5 Å². The molecule has 106 valence electrons. The summed E-state index contributed by atoms with van der Waals surface area (Å²) in [7, 11) is 0. The Kier molecular flexibility index (Phi) is 3.86. The molecule has 3 aromatic rings. The third-order valence-electron chi connectivity index (χ3n) is 3.13. The highest BCUT2D eigenvalue weighted by molar-refractivity contribution is 14.1. The lowest BCUT2D eigenvalue weighted by molar-refractivity contribution is 0.627. The van der Waals surface area contributed by atoms with Crippen molar-refractivity contribution in [2.24, 2.45) is 0 Å². The Labute approximate surface area is 139 Å². The van der Waals surface area contributed by atoms with Crippen molar-refractivity contribution >= 4 is 40.0 Å². The fraction of sp³-hybridized carbons (Fsp3) is 0. The Hall–Kier alpha value is -1.60. The number of hydrogen-bond acceptors (Lipinski definition) is 2. The van der Waals surface area contributed by atoms with Gasteiger partial charge in [0.15, 0.2) is 5.82 Å². The minimum absolute atomic E-state index is 0.274. The molecular formula is C15H10ClFIN3. The second kappa shape index (κ2) is 5.65. The Balaban J connectivity index is 2.19. The largest absolute Gasteiger partial charge is 0.382 e. The van der Waals surface area contributed by atoms with Gasteiger partial charge in [0.05, 0.1) is 11.3 Å². The number of H-pyrrole nitrogens is 1. The molecule has 3 nitrogen and oxygen atoms in total. The van der Waals surface area contributed by atoms with Gasteiger partial charge in [-0.05, 0) is 58.5 Å². The molecule has 1 heterocycles. The fourth-order valence-electron chi connectivity index (χ4n) is 2.15. The number of rotatable bonds is 2. The van der Waals surface area contributed by atoms with Crippen molar-refractivity contribution in [2.75, 3.05) is 5.73 Å². The van der Waals surface area contributed by atoms with Crippen LogP contribution >= 0.6 is 34.2 Å². The summed E-state index contributed by atoms with van der Waals surface area (Å²) >= 11 is 8.01. The third kappa shape index (κ3) is 2.75. The molecule has 0 aliphatic carbocycles. The number of benzene rings is 2. The Bertz CT molecular complexity index is 799. The highest BCUT2D eigenvalue weighted by Gasteiger charge is 2.16. The second-order valence-electron chi connectivity index (χ2n) is 4.49. The van der Waals surface area contributed by atoms with Crippen LogP contribution in [0.5, 0.6) is 0 Å². The monoisotopic (exact) mass is 413 g/mol. The molecule has 0 fully saturated rings. The summed E-state index contributed by atoms with van der Waals surface area (Å²) in [6.45, 7) is 0. The maximum Gasteiger partial charge on any atom is 0.153 e. The van der Waals surface area contributed by atoms with Crippen LogP contribution in [-0.4, -0.2) is 10.2 Å². The van der Waals surface area contributed by atoms with Crippen LogP contribution < -0.4 is 5.73 Å². The van der Waals surface area contributed by atoms with Crippen molar-refractivity contribution in [2.45, 2.75) is 0 Å². The fourth-order valence-corrected chi connectivity index (χ4v) is 3.02. The summed E-state index contributed by atoms with van der Waals surface area (Å²) in [5.41, 5.74) is 9.28. The van der Waals surface area contributed by atoms with Crippen LogP contribution in [0.2, 0.25) is 5.02 Å². The highest BCUT2D eigenvalue weighted by atomic mass is 127. The average molecular weight is 414 g/mol. The molecule has 0 radical (unpaired) electrons. The summed E-state index contributed by atoms with van der Waals surface area (Å²) in [4.78, 5) is 0. The van der Waals surface area contributed by atoms with E-state index in [1.54, 1.807) is 18.2 Å². The number of nitrogens with two attached hydrogens (primary N) is 1. The van der Waals surface area contributed by atoms with E-state index < -0.39 is 0 Å². The summed E-state index contributed by atoms with van der Waals surface area (Å²) in [6.07, 6.45) is 0. The maximum atomic E-state index is 13.3. The highest BCUT2D eigenvalue weighted by Crippen LogP contribution is 2.37. The predicted molar refractivity (Wildman–Crippen MR) is 91.6 cm³/mol. The molecule has 0 bridgehead atoms. The number of nitrogens with one attached hydrogen (secondary N) is 1. The Morgan fingerprint density at radius 2 is 1.86 bits per heavy atom. The molecule has 2 aromatic carbocycles. The van der Waals surface area contributed by atoms with E-state index in [9.17, 15) is 4.39 Å². The molecule has 21 heavy (non-hydrogen) atoms. The van der Waals surface area contributed by atoms with Gasteiger partial charge in [-0.15, -0.1) is 0 Å². The van der Waals surface area contributed by atoms with Gasteiger partial charge in [0, 0.05) is 14.2 Å². The van der Waals surface area contributed by atoms with E-state index in [1.807, 2.05) is 12.1 Å². The number of nitrogens with zero attached hydrogens (tertiary/aromatic N) is 1. The van der Waals surface area contributed by atoms with Gasteiger partial charge in [0.2, 0.25) is 0 Å². The van der Waals surface area contributed by atoms with Crippen LogP contribution in [0.3, 0.4) is 0 Å². The van der Waals surface area contributed by atoms with E-state index in [2.05, 4.69) is 32.8 Å². The van der Waals surface area contributed by atoms with E-state index >= 15 is 0 Å². The molecule has 0 saturated carbocycles. The molecule has 3 N–H and O–H groups in total. The number of aromatic nitrogens is 2. The van der Waals surface area contributed by atoms with Crippen LogP contribution in [0.1, 0.15) is 0 Å². The first-order chi connectivity index (χ1) is 10.1. The summed E-state index contributed by atoms with van der Waals surface area (Å²) in [5, 5.41) is 7.66. The van der Waals surface area contributed by atoms with Gasteiger partial charge in [-0.3, -0.25) is 5.10 Å². The zero-order valence-electron chi connectivity index (χ0n) is 10.7. The van der Waals surface area contributed by atoms with Gasteiger partial charge in [0.1, 0.15) is 5.82 Å². The molecule has 0 aliphatic heterocycles. The third-order valence-corrected chi connectivity index (χ3v) is 4.27. The zero-order valence-corrected chi connectivity index (χ0v) is 13.6. The first kappa shape index (κ1) is 14.3. The molecular weight excluding hydrogens is 404 g/mol. The lowest BCUT2D eigenvalue weighted by Gasteiger charge is -2.07. The SMILES string of the molecule is Nc1n[nH]c(-c2ccc(F)cc2I)c1-c1ccc(Cl)cc1. The number of aromatic amines is 1. The molecule has 0 atom stereocenters. The number of halogens is 3. The van der Waals surface area contributed by atoms with Gasteiger partial charge in [-0.1, -0.05) is 23.7 Å². The van der Waals surface area contributed by atoms with E-state index in [0.717, 1.165) is 26.0 Å². The zero-order chi connectivity index (χ0) is 15.0. The van der Waals surface area contributed by atoms with Crippen LogP contribution in [-0.2, 0) is 0 Å². The topological polar surface area (TPSA) is 54.7 Å². The van der Waals surface area contributed by atoms with Gasteiger partial charge in [0.25, 0.3) is 0 Å². The molecule has 0 amide bonds. The lowest BCUT2D eigenvalue weighted by Crippen LogP contribution is -1.90. The van der Waals surface area contributed by atoms with Crippen LogP contribution in [0.4, 0.5) is 10.2 Å². The number of anilines is 1. The van der Waals surface area contributed by atoms with E-state index in [4.69, 9.17) is 17.3 Å². The molecule has 1 aromatic heterocycles. The minimum atomic E-state index is -0.274.